The Morgan fingerprint density at radius 1 is 1.45 bits per heavy atom. The second kappa shape index (κ2) is 6.05. The van der Waals surface area contributed by atoms with Gasteiger partial charge in [-0.1, -0.05) is 23.7 Å². The first-order chi connectivity index (χ1) is 9.50. The SMILES string of the molecule is CC(C)(C(=O)OCCn1cncn1)c1cccc(Cl)c1. The van der Waals surface area contributed by atoms with Crippen molar-refractivity contribution in [3.05, 3.63) is 47.5 Å². The van der Waals surface area contributed by atoms with Gasteiger partial charge < -0.3 is 4.74 Å². The molecule has 1 aromatic heterocycles. The Kier molecular flexibility index (Phi) is 4.39. The number of hydrogen-bond acceptors (Lipinski definition) is 4. The molecule has 0 saturated heterocycles. The van der Waals surface area contributed by atoms with Crippen LogP contribution in [0.3, 0.4) is 0 Å². The van der Waals surface area contributed by atoms with E-state index >= 15 is 0 Å². The van der Waals surface area contributed by atoms with Crippen LogP contribution in [0.2, 0.25) is 5.02 Å². The monoisotopic (exact) mass is 293 g/mol. The maximum atomic E-state index is 12.2. The molecule has 6 heteroatoms. The van der Waals surface area contributed by atoms with E-state index in [9.17, 15) is 4.79 Å². The summed E-state index contributed by atoms with van der Waals surface area (Å²) in [7, 11) is 0. The largest absolute Gasteiger partial charge is 0.463 e. The van der Waals surface area contributed by atoms with Crippen LogP contribution in [0.4, 0.5) is 0 Å². The Morgan fingerprint density at radius 3 is 2.90 bits per heavy atom. The molecule has 20 heavy (non-hydrogen) atoms. The fraction of sp³-hybridized carbons (Fsp3) is 0.357. The summed E-state index contributed by atoms with van der Waals surface area (Å²) >= 11 is 5.96. The van der Waals surface area contributed by atoms with Crippen LogP contribution in [-0.4, -0.2) is 27.3 Å². The van der Waals surface area contributed by atoms with Gasteiger partial charge in [0.25, 0.3) is 0 Å². The molecule has 0 radical (unpaired) electrons. The Morgan fingerprint density at radius 2 is 2.25 bits per heavy atom. The highest BCUT2D eigenvalue weighted by Crippen LogP contribution is 2.26. The molecule has 1 aromatic carbocycles. The maximum Gasteiger partial charge on any atom is 0.316 e. The van der Waals surface area contributed by atoms with Crippen LogP contribution >= 0.6 is 11.6 Å². The first-order valence-corrected chi connectivity index (χ1v) is 6.63. The molecule has 0 unspecified atom stereocenters. The fourth-order valence-electron chi connectivity index (χ4n) is 1.76. The van der Waals surface area contributed by atoms with Gasteiger partial charge in [-0.3, -0.25) is 4.79 Å². The smallest absolute Gasteiger partial charge is 0.316 e. The minimum absolute atomic E-state index is 0.256. The Hall–Kier alpha value is -1.88. The molecule has 5 nitrogen and oxygen atoms in total. The van der Waals surface area contributed by atoms with Crippen molar-refractivity contribution in [3.63, 3.8) is 0 Å². The number of halogens is 1. The molecule has 106 valence electrons. The van der Waals surface area contributed by atoms with Crippen LogP contribution in [0.25, 0.3) is 0 Å². The van der Waals surface area contributed by atoms with Crippen LogP contribution in [-0.2, 0) is 21.5 Å². The van der Waals surface area contributed by atoms with E-state index in [1.165, 1.54) is 6.33 Å². The summed E-state index contributed by atoms with van der Waals surface area (Å²) in [5.41, 5.74) is 0.0866. The average Bonchev–Trinajstić information content (AvgIpc) is 2.91. The first kappa shape index (κ1) is 14.5. The summed E-state index contributed by atoms with van der Waals surface area (Å²) in [5.74, 6) is -0.292. The number of carbonyl (C=O) groups is 1. The predicted molar refractivity (Wildman–Crippen MR) is 75.5 cm³/mol. The highest BCUT2D eigenvalue weighted by molar-refractivity contribution is 6.30. The van der Waals surface area contributed by atoms with Crippen molar-refractivity contribution in [1.29, 1.82) is 0 Å². The lowest BCUT2D eigenvalue weighted by Gasteiger charge is -2.23. The molecule has 0 spiro atoms. The summed E-state index contributed by atoms with van der Waals surface area (Å²) < 4.78 is 6.91. The zero-order chi connectivity index (χ0) is 14.6. The highest BCUT2D eigenvalue weighted by Gasteiger charge is 2.31. The number of carbonyl (C=O) groups excluding carboxylic acids is 1. The lowest BCUT2D eigenvalue weighted by atomic mass is 9.85. The van der Waals surface area contributed by atoms with E-state index in [1.54, 1.807) is 23.1 Å². The van der Waals surface area contributed by atoms with Crippen molar-refractivity contribution >= 4 is 17.6 Å². The van der Waals surface area contributed by atoms with Gasteiger partial charge in [-0.15, -0.1) is 0 Å². The third kappa shape index (κ3) is 3.36. The van der Waals surface area contributed by atoms with Crippen LogP contribution in [0.1, 0.15) is 19.4 Å². The molecule has 1 heterocycles. The Bertz CT molecular complexity index is 582. The third-order valence-corrected chi connectivity index (χ3v) is 3.31. The molecule has 0 fully saturated rings. The van der Waals surface area contributed by atoms with Crippen molar-refractivity contribution in [1.82, 2.24) is 14.8 Å². The number of nitrogens with zero attached hydrogens (tertiary/aromatic N) is 3. The molecule has 0 saturated carbocycles. The van der Waals surface area contributed by atoms with Crippen LogP contribution in [0, 0.1) is 0 Å². The van der Waals surface area contributed by atoms with E-state index in [0.717, 1.165) is 5.56 Å². The van der Waals surface area contributed by atoms with Crippen molar-refractivity contribution in [2.75, 3.05) is 6.61 Å². The second-order valence-electron chi connectivity index (χ2n) is 4.93. The number of rotatable bonds is 5. The zero-order valence-electron chi connectivity index (χ0n) is 11.4. The molecule has 0 bridgehead atoms. The van der Waals surface area contributed by atoms with Crippen molar-refractivity contribution < 1.29 is 9.53 Å². The molecule has 0 aliphatic carbocycles. The van der Waals surface area contributed by atoms with E-state index in [2.05, 4.69) is 10.1 Å². The minimum atomic E-state index is -0.743. The number of benzene rings is 1. The summed E-state index contributed by atoms with van der Waals surface area (Å²) in [6.45, 7) is 4.37. The summed E-state index contributed by atoms with van der Waals surface area (Å²) in [6.07, 6.45) is 3.02. The summed E-state index contributed by atoms with van der Waals surface area (Å²) in [5, 5.41) is 4.54. The second-order valence-corrected chi connectivity index (χ2v) is 5.37. The van der Waals surface area contributed by atoms with Crippen LogP contribution < -0.4 is 0 Å². The topological polar surface area (TPSA) is 57.0 Å². The van der Waals surface area contributed by atoms with E-state index in [0.29, 0.717) is 11.6 Å². The van der Waals surface area contributed by atoms with Crippen LogP contribution in [0.15, 0.2) is 36.9 Å². The lowest BCUT2D eigenvalue weighted by Crippen LogP contribution is -2.32. The van der Waals surface area contributed by atoms with Gasteiger partial charge in [-0.2, -0.15) is 5.10 Å². The van der Waals surface area contributed by atoms with Gasteiger partial charge in [0.05, 0.1) is 12.0 Å². The molecule has 0 aliphatic heterocycles. The average molecular weight is 294 g/mol. The molecule has 0 N–H and O–H groups in total. The molecular weight excluding hydrogens is 278 g/mol. The highest BCUT2D eigenvalue weighted by atomic mass is 35.5. The zero-order valence-corrected chi connectivity index (χ0v) is 12.2. The molecular formula is C14H16ClN3O2. The molecule has 0 atom stereocenters. The first-order valence-electron chi connectivity index (χ1n) is 6.26. The molecule has 0 amide bonds. The third-order valence-electron chi connectivity index (χ3n) is 3.08. The van der Waals surface area contributed by atoms with E-state index in [-0.39, 0.29) is 12.6 Å². The quantitative estimate of drug-likeness (QED) is 0.795. The van der Waals surface area contributed by atoms with Crippen LogP contribution in [0.5, 0.6) is 0 Å². The normalized spacial score (nSPS) is 11.3. The van der Waals surface area contributed by atoms with Gasteiger partial charge in [-0.25, -0.2) is 9.67 Å². The van der Waals surface area contributed by atoms with Gasteiger partial charge in [-0.05, 0) is 31.5 Å². The predicted octanol–water partition coefficient (Wildman–Crippen LogP) is 2.45. The van der Waals surface area contributed by atoms with Gasteiger partial charge in [0.2, 0.25) is 0 Å². The number of hydrogen-bond donors (Lipinski definition) is 0. The fourth-order valence-corrected chi connectivity index (χ4v) is 1.95. The molecule has 2 rings (SSSR count). The van der Waals surface area contributed by atoms with Crippen molar-refractivity contribution in [2.45, 2.75) is 25.8 Å². The van der Waals surface area contributed by atoms with Gasteiger partial charge in [0.1, 0.15) is 19.3 Å². The molecule has 0 aliphatic rings. The maximum absolute atomic E-state index is 12.2. The van der Waals surface area contributed by atoms with Crippen molar-refractivity contribution in [3.8, 4) is 0 Å². The molecule has 2 aromatic rings. The Balaban J connectivity index is 1.96. The van der Waals surface area contributed by atoms with Gasteiger partial charge in [0, 0.05) is 5.02 Å². The Labute approximate surface area is 122 Å². The summed E-state index contributed by atoms with van der Waals surface area (Å²) in [6, 6.07) is 7.24. The minimum Gasteiger partial charge on any atom is -0.463 e. The van der Waals surface area contributed by atoms with Gasteiger partial charge in [0.15, 0.2) is 0 Å². The number of aromatic nitrogens is 3. The lowest BCUT2D eigenvalue weighted by molar-refractivity contribution is -0.149. The number of ether oxygens (including phenoxy) is 1. The van der Waals surface area contributed by atoms with E-state index in [1.807, 2.05) is 26.0 Å². The summed E-state index contributed by atoms with van der Waals surface area (Å²) in [4.78, 5) is 16.0. The van der Waals surface area contributed by atoms with E-state index in [4.69, 9.17) is 16.3 Å². The van der Waals surface area contributed by atoms with Gasteiger partial charge >= 0.3 is 5.97 Å². The number of esters is 1. The van der Waals surface area contributed by atoms with Crippen molar-refractivity contribution in [2.24, 2.45) is 0 Å². The standard InChI is InChI=1S/C14H16ClN3O2/c1-14(2,11-4-3-5-12(15)8-11)13(19)20-7-6-18-10-16-9-17-18/h3-5,8-10H,6-7H2,1-2H3. The van der Waals surface area contributed by atoms with E-state index < -0.39 is 5.41 Å².